The largest absolute Gasteiger partial charge is 0.455 e. The molecule has 7 nitrogen and oxygen atoms in total. The molecule has 1 unspecified atom stereocenters. The fraction of sp³-hybridized carbons (Fsp3) is 0.692. The summed E-state index contributed by atoms with van der Waals surface area (Å²) in [7, 11) is -1.61. The van der Waals surface area contributed by atoms with Gasteiger partial charge < -0.3 is 23.1 Å². The summed E-state index contributed by atoms with van der Waals surface area (Å²) in [4.78, 5) is 18.5. The van der Waals surface area contributed by atoms with Crippen molar-refractivity contribution in [3.8, 4) is 0 Å². The van der Waals surface area contributed by atoms with Crippen LogP contribution in [0.5, 0.6) is 0 Å². The molecule has 2 saturated heterocycles. The van der Waals surface area contributed by atoms with Gasteiger partial charge in [0.15, 0.2) is 0 Å². The highest BCUT2D eigenvalue weighted by molar-refractivity contribution is 8.30. The smallest absolute Gasteiger partial charge is 0.416 e. The van der Waals surface area contributed by atoms with Gasteiger partial charge in [0.1, 0.15) is 12.2 Å². The van der Waals surface area contributed by atoms with E-state index >= 15 is 0 Å². The zero-order chi connectivity index (χ0) is 35.7. The van der Waals surface area contributed by atoms with E-state index in [-0.39, 0.29) is 28.2 Å². The Hall–Kier alpha value is -2.18. The number of nitrogens with zero attached hydrogens (tertiary/aromatic N) is 1. The molecule has 2 aromatic rings. The summed E-state index contributed by atoms with van der Waals surface area (Å²) in [6, 6.07) is 5.41. The third kappa shape index (κ3) is 6.10. The maximum absolute atomic E-state index is 13.7. The Morgan fingerprint density at radius 3 is 2.14 bits per heavy atom. The quantitative estimate of drug-likeness (QED) is 0.275. The number of carbonyl (C=O) groups is 1. The Bertz CT molecular complexity index is 1590. The van der Waals surface area contributed by atoms with Gasteiger partial charge in [-0.3, -0.25) is 9.78 Å². The van der Waals surface area contributed by atoms with E-state index in [4.69, 9.17) is 28.1 Å². The number of hydrogen-bond acceptors (Lipinski definition) is 7. The monoisotopic (exact) mass is 719 g/mol. The molecule has 2 aliphatic carbocycles. The molecular weight excluding hydrogens is 667 g/mol. The molecule has 1 saturated carbocycles. The van der Waals surface area contributed by atoms with E-state index in [9.17, 15) is 18.0 Å². The van der Waals surface area contributed by atoms with Crippen LogP contribution in [0.3, 0.4) is 0 Å². The van der Waals surface area contributed by atoms with Gasteiger partial charge in [0.05, 0.1) is 28.7 Å². The summed E-state index contributed by atoms with van der Waals surface area (Å²) in [5, 5.41) is 0. The number of fused-ring (bicyclic) bond motifs is 4. The number of rotatable bonds is 6. The van der Waals surface area contributed by atoms with Crippen molar-refractivity contribution in [1.29, 1.82) is 0 Å². The number of aromatic nitrogens is 1. The maximum atomic E-state index is 13.7. The molecule has 0 radical (unpaired) electrons. The molecule has 3 fully saturated rings. The maximum Gasteiger partial charge on any atom is 0.416 e. The average molecular weight is 720 g/mol. The number of esters is 1. The Morgan fingerprint density at radius 2 is 1.60 bits per heavy atom. The highest BCUT2D eigenvalue weighted by Crippen LogP contribution is 2.69. The van der Waals surface area contributed by atoms with Crippen molar-refractivity contribution in [2.24, 2.45) is 5.41 Å². The molecule has 0 bridgehead atoms. The highest BCUT2D eigenvalue weighted by Gasteiger charge is 2.59. The van der Waals surface area contributed by atoms with Crippen molar-refractivity contribution >= 4 is 16.3 Å². The first kappa shape index (κ1) is 36.2. The first-order valence-corrected chi connectivity index (χ1v) is 20.4. The third-order valence-corrected chi connectivity index (χ3v) is 16.7. The van der Waals surface area contributed by atoms with Crippen molar-refractivity contribution < 1.29 is 41.1 Å². The van der Waals surface area contributed by atoms with Crippen LogP contribution in [0.15, 0.2) is 24.3 Å². The molecule has 2 spiro atoms. The summed E-state index contributed by atoms with van der Waals surface area (Å²) in [5.41, 5.74) is 3.56. The standard InChI is InChI=1S/C39H52F3NO6S/c1-7-50(6,36(3,4)5)49-28-23-37(15-8-16-37)35(47-24(2)44)33-29(28)31-30(32(43-33)25-13-19-45-20-14-25)34(48-38(31)17-21-46-22-18-38)26-9-11-27(12-10-26)39(40,41)42/h9-12,25,28,34-35H,7-8,13-23H2,1-6H3/t28-,34+,35-/m0/s1. The number of carbonyl (C=O) groups excluding carboxylic acids is 1. The van der Waals surface area contributed by atoms with Crippen LogP contribution in [0.1, 0.15) is 149 Å². The summed E-state index contributed by atoms with van der Waals surface area (Å²) < 4.78 is 73.9. The van der Waals surface area contributed by atoms with E-state index in [1.165, 1.54) is 6.92 Å². The average Bonchev–Trinajstić information content (AvgIpc) is 3.37. The van der Waals surface area contributed by atoms with Gasteiger partial charge in [-0.15, -0.1) is 10.3 Å². The lowest BCUT2D eigenvalue weighted by Crippen LogP contribution is -2.46. The zero-order valence-electron chi connectivity index (χ0n) is 30.3. The first-order chi connectivity index (χ1) is 23.6. The lowest BCUT2D eigenvalue weighted by atomic mass is 9.57. The molecule has 1 aromatic heterocycles. The Balaban J connectivity index is 1.52. The molecule has 5 aliphatic rings. The van der Waals surface area contributed by atoms with Gasteiger partial charge in [-0.05, 0) is 67.4 Å². The van der Waals surface area contributed by atoms with Crippen LogP contribution in [0.25, 0.3) is 0 Å². The van der Waals surface area contributed by atoms with Crippen LogP contribution in [-0.2, 0) is 39.7 Å². The molecule has 3 aliphatic heterocycles. The van der Waals surface area contributed by atoms with Crippen LogP contribution in [0.2, 0.25) is 0 Å². The molecule has 0 N–H and O–H groups in total. The SMILES string of the molecule is CCS(C)(O[C@H]1CC2(CCC2)[C@@H](OC(C)=O)c2nc(C3CCOCC3)c3c(c21)C1(CCOCC1)O[C@@H]3c1ccc(C(F)(F)F)cc1)C(C)(C)C. The number of benzene rings is 1. The van der Waals surface area contributed by atoms with E-state index in [0.29, 0.717) is 51.3 Å². The van der Waals surface area contributed by atoms with Crippen molar-refractivity contribution in [1.82, 2.24) is 4.98 Å². The van der Waals surface area contributed by atoms with Gasteiger partial charge >= 0.3 is 12.1 Å². The fourth-order valence-corrected chi connectivity index (χ4v) is 11.0. The van der Waals surface area contributed by atoms with E-state index in [1.54, 1.807) is 12.1 Å². The molecule has 0 amide bonds. The lowest BCUT2D eigenvalue weighted by Gasteiger charge is -2.56. The summed E-state index contributed by atoms with van der Waals surface area (Å²) in [6.45, 7) is 12.6. The van der Waals surface area contributed by atoms with Crippen LogP contribution in [0, 0.1) is 5.41 Å². The second kappa shape index (κ2) is 13.0. The Kier molecular flexibility index (Phi) is 9.44. The molecule has 1 aromatic carbocycles. The van der Waals surface area contributed by atoms with Gasteiger partial charge in [-0.2, -0.15) is 13.2 Å². The molecule has 50 heavy (non-hydrogen) atoms. The minimum atomic E-state index is -4.45. The topological polar surface area (TPSA) is 76.1 Å². The molecule has 276 valence electrons. The molecular formula is C39H52F3NO6S. The van der Waals surface area contributed by atoms with Crippen molar-refractivity contribution in [3.63, 3.8) is 0 Å². The van der Waals surface area contributed by atoms with E-state index in [1.807, 2.05) is 0 Å². The van der Waals surface area contributed by atoms with Crippen molar-refractivity contribution in [2.75, 3.05) is 38.4 Å². The number of alkyl halides is 3. The van der Waals surface area contributed by atoms with Gasteiger partial charge in [-0.25, -0.2) is 0 Å². The molecule has 4 heterocycles. The molecule has 7 rings (SSSR count). The molecule has 11 heteroatoms. The van der Waals surface area contributed by atoms with Gasteiger partial charge in [0.25, 0.3) is 0 Å². The highest BCUT2D eigenvalue weighted by atomic mass is 32.3. The molecule has 4 atom stereocenters. The van der Waals surface area contributed by atoms with Crippen LogP contribution in [-0.4, -0.2) is 54.1 Å². The summed E-state index contributed by atoms with van der Waals surface area (Å²) in [6.07, 6.45) is 2.69. The normalized spacial score (nSPS) is 28.0. The summed E-state index contributed by atoms with van der Waals surface area (Å²) in [5.74, 6) is 0.596. The van der Waals surface area contributed by atoms with Crippen molar-refractivity contribution in [2.45, 2.75) is 127 Å². The Morgan fingerprint density at radius 1 is 0.960 bits per heavy atom. The van der Waals surface area contributed by atoms with Gasteiger partial charge in [0, 0.05) is 73.4 Å². The summed E-state index contributed by atoms with van der Waals surface area (Å²) >= 11 is 0. The minimum absolute atomic E-state index is 0.0519. The van der Waals surface area contributed by atoms with E-state index in [2.05, 4.69) is 34.0 Å². The fourth-order valence-electron chi connectivity index (χ4n) is 9.01. The lowest BCUT2D eigenvalue weighted by molar-refractivity contribution is -0.166. The van der Waals surface area contributed by atoms with E-state index < -0.39 is 39.9 Å². The van der Waals surface area contributed by atoms with Crippen LogP contribution >= 0.6 is 10.3 Å². The van der Waals surface area contributed by atoms with Gasteiger partial charge in [0.2, 0.25) is 0 Å². The number of ether oxygens (including phenoxy) is 4. The predicted molar refractivity (Wildman–Crippen MR) is 186 cm³/mol. The van der Waals surface area contributed by atoms with Crippen molar-refractivity contribution in [3.05, 3.63) is 63.5 Å². The van der Waals surface area contributed by atoms with Crippen LogP contribution < -0.4 is 0 Å². The predicted octanol–water partition coefficient (Wildman–Crippen LogP) is 9.52. The number of halogens is 3. The Labute approximate surface area is 295 Å². The second-order valence-electron chi connectivity index (χ2n) is 16.1. The number of pyridine rings is 1. The van der Waals surface area contributed by atoms with Gasteiger partial charge in [-0.1, -0.05) is 46.2 Å². The second-order valence-corrected chi connectivity index (χ2v) is 20.1. The van der Waals surface area contributed by atoms with E-state index in [0.717, 1.165) is 78.1 Å². The first-order valence-electron chi connectivity index (χ1n) is 18.3. The minimum Gasteiger partial charge on any atom is -0.455 e. The number of hydrogen-bond donors (Lipinski definition) is 0. The third-order valence-electron chi connectivity index (χ3n) is 12.4. The zero-order valence-corrected chi connectivity index (χ0v) is 31.1. The van der Waals surface area contributed by atoms with Crippen LogP contribution in [0.4, 0.5) is 13.2 Å².